The van der Waals surface area contributed by atoms with Crippen molar-refractivity contribution < 1.29 is 4.74 Å². The summed E-state index contributed by atoms with van der Waals surface area (Å²) in [4.78, 5) is 4.11. The number of hydrogen-bond acceptors (Lipinski definition) is 3. The summed E-state index contributed by atoms with van der Waals surface area (Å²) in [7, 11) is 1.58. The van der Waals surface area contributed by atoms with E-state index in [1.165, 1.54) is 0 Å². The van der Waals surface area contributed by atoms with Gasteiger partial charge in [-0.25, -0.2) is 4.98 Å². The molecule has 2 N–H and O–H groups in total. The Hall–Kier alpha value is -0.770. The molecule has 0 fully saturated rings. The van der Waals surface area contributed by atoms with Crippen molar-refractivity contribution in [1.82, 2.24) is 4.98 Å². The number of nitrogens with two attached hydrogens (primary N) is 1. The van der Waals surface area contributed by atoms with Gasteiger partial charge in [0.1, 0.15) is 4.60 Å². The molecule has 0 aliphatic rings. The third-order valence-corrected chi connectivity index (χ3v) is 1.96. The highest BCUT2D eigenvalue weighted by molar-refractivity contribution is 9.10. The fourth-order valence-electron chi connectivity index (χ4n) is 0.715. The van der Waals surface area contributed by atoms with E-state index in [1.54, 1.807) is 13.2 Å². The summed E-state index contributed by atoms with van der Waals surface area (Å²) < 4.78 is 5.68. The minimum atomic E-state index is 0.644. The molecular formula is C7H9BrN2O. The smallest absolute Gasteiger partial charge is 0.153 e. The summed E-state index contributed by atoms with van der Waals surface area (Å²) in [5, 5.41) is 0. The van der Waals surface area contributed by atoms with E-state index >= 15 is 0 Å². The predicted octanol–water partition coefficient (Wildman–Crippen LogP) is 1.74. The molecule has 0 amide bonds. The van der Waals surface area contributed by atoms with Crippen molar-refractivity contribution in [3.63, 3.8) is 0 Å². The summed E-state index contributed by atoms with van der Waals surface area (Å²) in [6.45, 7) is 1.85. The summed E-state index contributed by atoms with van der Waals surface area (Å²) in [5.41, 5.74) is 7.05. The first kappa shape index (κ1) is 8.33. The second-order valence-electron chi connectivity index (χ2n) is 2.16. The minimum Gasteiger partial charge on any atom is -0.494 e. The molecule has 0 spiro atoms. The van der Waals surface area contributed by atoms with E-state index in [2.05, 4.69) is 20.9 Å². The van der Waals surface area contributed by atoms with Crippen LogP contribution in [0.2, 0.25) is 0 Å². The van der Waals surface area contributed by atoms with Gasteiger partial charge in [0.15, 0.2) is 5.75 Å². The topological polar surface area (TPSA) is 48.1 Å². The zero-order valence-electron chi connectivity index (χ0n) is 6.39. The summed E-state index contributed by atoms with van der Waals surface area (Å²) in [6, 6.07) is 1.74. The molecule has 1 rings (SSSR count). The van der Waals surface area contributed by atoms with E-state index in [0.717, 1.165) is 5.69 Å². The van der Waals surface area contributed by atoms with Crippen molar-refractivity contribution >= 4 is 21.6 Å². The van der Waals surface area contributed by atoms with E-state index in [9.17, 15) is 0 Å². The van der Waals surface area contributed by atoms with Gasteiger partial charge >= 0.3 is 0 Å². The van der Waals surface area contributed by atoms with E-state index < -0.39 is 0 Å². The van der Waals surface area contributed by atoms with E-state index in [-0.39, 0.29) is 0 Å². The number of ether oxygens (including phenoxy) is 1. The summed E-state index contributed by atoms with van der Waals surface area (Å²) in [5.74, 6) is 0.660. The van der Waals surface area contributed by atoms with Crippen LogP contribution in [0.3, 0.4) is 0 Å². The van der Waals surface area contributed by atoms with E-state index in [4.69, 9.17) is 10.5 Å². The molecule has 3 nitrogen and oxygen atoms in total. The number of pyridine rings is 1. The third-order valence-electron chi connectivity index (χ3n) is 1.39. The Balaban J connectivity index is 3.21. The molecule has 0 aliphatic carbocycles. The molecule has 0 unspecified atom stereocenters. The highest BCUT2D eigenvalue weighted by atomic mass is 79.9. The van der Waals surface area contributed by atoms with Gasteiger partial charge in [-0.3, -0.25) is 0 Å². The van der Waals surface area contributed by atoms with Crippen molar-refractivity contribution in [1.29, 1.82) is 0 Å². The number of halogens is 1. The lowest BCUT2D eigenvalue weighted by Crippen LogP contribution is -1.95. The standard InChI is InChI=1S/C7H9BrN2O/c1-4-5(9)3-6(11-2)7(8)10-4/h3H,9H2,1-2H3. The number of rotatable bonds is 1. The van der Waals surface area contributed by atoms with Gasteiger partial charge in [0.2, 0.25) is 0 Å². The van der Waals surface area contributed by atoms with Crippen LogP contribution < -0.4 is 10.5 Å². The van der Waals surface area contributed by atoms with Crippen LogP contribution in [0.25, 0.3) is 0 Å². The van der Waals surface area contributed by atoms with Gasteiger partial charge in [-0.1, -0.05) is 0 Å². The fourth-order valence-corrected chi connectivity index (χ4v) is 1.26. The van der Waals surface area contributed by atoms with Gasteiger partial charge in [-0.15, -0.1) is 0 Å². The molecule has 0 saturated carbocycles. The fraction of sp³-hybridized carbons (Fsp3) is 0.286. The Morgan fingerprint density at radius 1 is 1.64 bits per heavy atom. The largest absolute Gasteiger partial charge is 0.494 e. The van der Waals surface area contributed by atoms with Gasteiger partial charge in [0.25, 0.3) is 0 Å². The maximum atomic E-state index is 5.60. The number of aryl methyl sites for hydroxylation is 1. The van der Waals surface area contributed by atoms with Crippen LogP contribution in [-0.2, 0) is 0 Å². The maximum Gasteiger partial charge on any atom is 0.153 e. The van der Waals surface area contributed by atoms with Crippen molar-refractivity contribution in [2.24, 2.45) is 0 Å². The summed E-state index contributed by atoms with van der Waals surface area (Å²) >= 11 is 3.25. The highest BCUT2D eigenvalue weighted by Crippen LogP contribution is 2.25. The van der Waals surface area contributed by atoms with Crippen LogP contribution in [0.1, 0.15) is 5.69 Å². The number of hydrogen-bond donors (Lipinski definition) is 1. The molecule has 60 valence electrons. The molecule has 4 heteroatoms. The highest BCUT2D eigenvalue weighted by Gasteiger charge is 2.03. The molecule has 0 aliphatic heterocycles. The predicted molar refractivity (Wildman–Crippen MR) is 47.6 cm³/mol. The normalized spacial score (nSPS) is 9.73. The Labute approximate surface area is 73.7 Å². The molecule has 1 aromatic rings. The van der Waals surface area contributed by atoms with Crippen molar-refractivity contribution in [3.8, 4) is 5.75 Å². The Morgan fingerprint density at radius 2 is 2.27 bits per heavy atom. The molecule has 1 heterocycles. The van der Waals surface area contributed by atoms with Crippen LogP contribution in [0.4, 0.5) is 5.69 Å². The molecule has 0 bridgehead atoms. The van der Waals surface area contributed by atoms with E-state index in [0.29, 0.717) is 16.0 Å². The Bertz CT molecular complexity index is 275. The molecule has 0 radical (unpaired) electrons. The molecule has 1 aromatic heterocycles. The minimum absolute atomic E-state index is 0.644. The first-order chi connectivity index (χ1) is 5.15. The molecular weight excluding hydrogens is 208 g/mol. The van der Waals surface area contributed by atoms with Gasteiger partial charge < -0.3 is 10.5 Å². The van der Waals surface area contributed by atoms with Gasteiger partial charge in [-0.2, -0.15) is 0 Å². The quantitative estimate of drug-likeness (QED) is 0.729. The van der Waals surface area contributed by atoms with Crippen molar-refractivity contribution in [2.45, 2.75) is 6.92 Å². The molecule has 11 heavy (non-hydrogen) atoms. The second kappa shape index (κ2) is 3.09. The summed E-state index contributed by atoms with van der Waals surface area (Å²) in [6.07, 6.45) is 0. The maximum absolute atomic E-state index is 5.60. The Morgan fingerprint density at radius 3 is 2.82 bits per heavy atom. The molecule has 0 atom stereocenters. The number of nitrogens with zero attached hydrogens (tertiary/aromatic N) is 1. The Kier molecular flexibility index (Phi) is 2.34. The molecule has 0 saturated heterocycles. The van der Waals surface area contributed by atoms with Crippen LogP contribution in [0.15, 0.2) is 10.7 Å². The third kappa shape index (κ3) is 1.63. The number of aromatic nitrogens is 1. The van der Waals surface area contributed by atoms with Crippen LogP contribution in [-0.4, -0.2) is 12.1 Å². The monoisotopic (exact) mass is 216 g/mol. The zero-order chi connectivity index (χ0) is 8.43. The van der Waals surface area contributed by atoms with Gasteiger partial charge in [0, 0.05) is 6.07 Å². The zero-order valence-corrected chi connectivity index (χ0v) is 7.97. The van der Waals surface area contributed by atoms with Crippen molar-refractivity contribution in [3.05, 3.63) is 16.4 Å². The van der Waals surface area contributed by atoms with Gasteiger partial charge in [0.05, 0.1) is 18.5 Å². The lowest BCUT2D eigenvalue weighted by Gasteiger charge is -2.04. The van der Waals surface area contributed by atoms with E-state index in [1.807, 2.05) is 6.92 Å². The average Bonchev–Trinajstić information content (AvgIpc) is 1.97. The van der Waals surface area contributed by atoms with Crippen LogP contribution >= 0.6 is 15.9 Å². The SMILES string of the molecule is COc1cc(N)c(C)nc1Br. The number of nitrogen functional groups attached to an aromatic ring is 1. The number of anilines is 1. The number of methoxy groups -OCH3 is 1. The lowest BCUT2D eigenvalue weighted by atomic mass is 10.3. The second-order valence-corrected chi connectivity index (χ2v) is 2.91. The first-order valence-electron chi connectivity index (χ1n) is 3.11. The van der Waals surface area contributed by atoms with Crippen molar-refractivity contribution in [2.75, 3.05) is 12.8 Å². The first-order valence-corrected chi connectivity index (χ1v) is 3.91. The van der Waals surface area contributed by atoms with Gasteiger partial charge in [-0.05, 0) is 22.9 Å². The molecule has 0 aromatic carbocycles. The lowest BCUT2D eigenvalue weighted by molar-refractivity contribution is 0.410. The average molecular weight is 217 g/mol. The van der Waals surface area contributed by atoms with Crippen LogP contribution in [0.5, 0.6) is 5.75 Å². The van der Waals surface area contributed by atoms with Crippen LogP contribution in [0, 0.1) is 6.92 Å².